The molecule has 0 aliphatic heterocycles. The Kier molecular flexibility index (Phi) is 5.68. The van der Waals surface area contributed by atoms with Crippen molar-refractivity contribution in [3.63, 3.8) is 0 Å². The minimum atomic E-state index is 0.280. The first kappa shape index (κ1) is 14.7. The molecule has 0 bridgehead atoms. The molecule has 1 nitrogen and oxygen atoms in total. The van der Waals surface area contributed by atoms with Gasteiger partial charge in [0.1, 0.15) is 0 Å². The normalized spacial score (nSPS) is 13.7. The summed E-state index contributed by atoms with van der Waals surface area (Å²) in [4.78, 5) is 0. The molecule has 0 radical (unpaired) electrons. The number of rotatable bonds is 5. The molecule has 1 atom stereocenters. The van der Waals surface area contributed by atoms with Gasteiger partial charge in [-0.3, -0.25) is 0 Å². The van der Waals surface area contributed by atoms with Crippen molar-refractivity contribution >= 4 is 15.9 Å². The molecular weight excluding hydrogens is 276 g/mol. The number of aliphatic hydroxyl groups is 1. The highest BCUT2D eigenvalue weighted by molar-refractivity contribution is 9.10. The molecule has 1 N–H and O–H groups in total. The largest absolute Gasteiger partial charge is 0.396 e. The van der Waals surface area contributed by atoms with Crippen molar-refractivity contribution in [3.8, 4) is 0 Å². The highest BCUT2D eigenvalue weighted by Gasteiger charge is 2.15. The smallest absolute Gasteiger partial charge is 0.0462 e. The second-order valence-corrected chi connectivity index (χ2v) is 6.90. The fourth-order valence-electron chi connectivity index (χ4n) is 1.89. The maximum absolute atomic E-state index is 9.44. The molecule has 1 aromatic rings. The SMILES string of the molecule is CC(C)(C)CCC(CO)Cc1cccc(Br)c1. The van der Waals surface area contributed by atoms with Crippen LogP contribution in [0.25, 0.3) is 0 Å². The van der Waals surface area contributed by atoms with E-state index >= 15 is 0 Å². The molecule has 17 heavy (non-hydrogen) atoms. The van der Waals surface area contributed by atoms with Gasteiger partial charge in [-0.1, -0.05) is 48.8 Å². The van der Waals surface area contributed by atoms with Crippen LogP contribution >= 0.6 is 15.9 Å². The van der Waals surface area contributed by atoms with Crippen LogP contribution in [0.5, 0.6) is 0 Å². The molecule has 2 heteroatoms. The van der Waals surface area contributed by atoms with Gasteiger partial charge in [0.2, 0.25) is 0 Å². The van der Waals surface area contributed by atoms with Crippen LogP contribution in [0.4, 0.5) is 0 Å². The lowest BCUT2D eigenvalue weighted by Crippen LogP contribution is -2.14. The molecule has 0 aliphatic carbocycles. The molecule has 0 spiro atoms. The van der Waals surface area contributed by atoms with E-state index < -0.39 is 0 Å². The zero-order valence-electron chi connectivity index (χ0n) is 11.0. The van der Waals surface area contributed by atoms with Crippen molar-refractivity contribution in [1.82, 2.24) is 0 Å². The van der Waals surface area contributed by atoms with E-state index in [1.54, 1.807) is 0 Å². The van der Waals surface area contributed by atoms with E-state index in [2.05, 4.69) is 54.9 Å². The molecule has 0 saturated heterocycles. The van der Waals surface area contributed by atoms with Crippen molar-refractivity contribution in [3.05, 3.63) is 34.3 Å². The third-order valence-electron chi connectivity index (χ3n) is 2.97. The summed E-state index contributed by atoms with van der Waals surface area (Å²) in [6.45, 7) is 7.03. The molecule has 96 valence electrons. The third-order valence-corrected chi connectivity index (χ3v) is 3.47. The summed E-state index contributed by atoms with van der Waals surface area (Å²) in [5, 5.41) is 9.44. The fraction of sp³-hybridized carbons (Fsp3) is 0.600. The molecule has 0 fully saturated rings. The maximum Gasteiger partial charge on any atom is 0.0462 e. The van der Waals surface area contributed by atoms with Crippen LogP contribution in [0.2, 0.25) is 0 Å². The number of halogens is 1. The van der Waals surface area contributed by atoms with Crippen molar-refractivity contribution < 1.29 is 5.11 Å². The highest BCUT2D eigenvalue weighted by atomic mass is 79.9. The van der Waals surface area contributed by atoms with Gasteiger partial charge in [0, 0.05) is 11.1 Å². The van der Waals surface area contributed by atoms with E-state index in [0.29, 0.717) is 11.3 Å². The first-order valence-corrected chi connectivity index (χ1v) is 7.05. The van der Waals surface area contributed by atoms with Gasteiger partial charge in [0.25, 0.3) is 0 Å². The Morgan fingerprint density at radius 1 is 1.29 bits per heavy atom. The molecule has 1 unspecified atom stereocenters. The lowest BCUT2D eigenvalue weighted by atomic mass is 9.85. The van der Waals surface area contributed by atoms with Gasteiger partial charge in [-0.15, -0.1) is 0 Å². The molecule has 0 heterocycles. The number of benzene rings is 1. The second kappa shape index (κ2) is 6.55. The molecule has 0 saturated carbocycles. The summed E-state index contributed by atoms with van der Waals surface area (Å²) in [5.41, 5.74) is 1.65. The maximum atomic E-state index is 9.44. The van der Waals surface area contributed by atoms with Crippen molar-refractivity contribution in [1.29, 1.82) is 0 Å². The van der Waals surface area contributed by atoms with E-state index in [0.717, 1.165) is 23.7 Å². The Morgan fingerprint density at radius 3 is 2.53 bits per heavy atom. The zero-order valence-corrected chi connectivity index (χ0v) is 12.6. The predicted octanol–water partition coefficient (Wildman–Crippen LogP) is 4.43. The van der Waals surface area contributed by atoms with Crippen LogP contribution in [0, 0.1) is 11.3 Å². The van der Waals surface area contributed by atoms with Crippen LogP contribution in [0.3, 0.4) is 0 Å². The molecule has 0 aromatic heterocycles. The van der Waals surface area contributed by atoms with Gasteiger partial charge < -0.3 is 5.11 Å². The Bertz CT molecular complexity index is 341. The first-order chi connectivity index (χ1) is 7.90. The Hall–Kier alpha value is -0.340. The predicted molar refractivity (Wildman–Crippen MR) is 77.1 cm³/mol. The quantitative estimate of drug-likeness (QED) is 0.853. The molecule has 1 aromatic carbocycles. The van der Waals surface area contributed by atoms with Gasteiger partial charge in [0.05, 0.1) is 0 Å². The van der Waals surface area contributed by atoms with Gasteiger partial charge in [-0.25, -0.2) is 0 Å². The van der Waals surface area contributed by atoms with E-state index in [9.17, 15) is 5.11 Å². The number of aliphatic hydroxyl groups excluding tert-OH is 1. The number of hydrogen-bond donors (Lipinski definition) is 1. The lowest BCUT2D eigenvalue weighted by molar-refractivity contribution is 0.200. The van der Waals surface area contributed by atoms with E-state index in [-0.39, 0.29) is 6.61 Å². The Morgan fingerprint density at radius 2 is 2.00 bits per heavy atom. The van der Waals surface area contributed by atoms with Crippen LogP contribution in [0.1, 0.15) is 39.2 Å². The van der Waals surface area contributed by atoms with Gasteiger partial charge in [-0.2, -0.15) is 0 Å². The lowest BCUT2D eigenvalue weighted by Gasteiger charge is -2.22. The van der Waals surface area contributed by atoms with Gasteiger partial charge in [0.15, 0.2) is 0 Å². The van der Waals surface area contributed by atoms with E-state index in [1.165, 1.54) is 5.56 Å². The van der Waals surface area contributed by atoms with Crippen molar-refractivity contribution in [2.75, 3.05) is 6.61 Å². The van der Waals surface area contributed by atoms with Crippen molar-refractivity contribution in [2.24, 2.45) is 11.3 Å². The van der Waals surface area contributed by atoms with E-state index in [4.69, 9.17) is 0 Å². The molecule has 0 aliphatic rings. The second-order valence-electron chi connectivity index (χ2n) is 5.98. The Labute approximate surface area is 113 Å². The summed E-state index contributed by atoms with van der Waals surface area (Å²) in [7, 11) is 0. The van der Waals surface area contributed by atoms with E-state index in [1.807, 2.05) is 6.07 Å². The van der Waals surface area contributed by atoms with Gasteiger partial charge in [-0.05, 0) is 48.3 Å². The minimum absolute atomic E-state index is 0.280. The average Bonchev–Trinajstić information content (AvgIpc) is 2.23. The third kappa shape index (κ3) is 6.23. The minimum Gasteiger partial charge on any atom is -0.396 e. The van der Waals surface area contributed by atoms with Crippen LogP contribution < -0.4 is 0 Å². The summed E-state index contributed by atoms with van der Waals surface area (Å²) in [5.74, 6) is 0.378. The summed E-state index contributed by atoms with van der Waals surface area (Å²) in [6, 6.07) is 8.36. The van der Waals surface area contributed by atoms with Crippen molar-refractivity contribution in [2.45, 2.75) is 40.0 Å². The summed E-state index contributed by atoms with van der Waals surface area (Å²) >= 11 is 3.48. The fourth-order valence-corrected chi connectivity index (χ4v) is 2.34. The molecule has 1 rings (SSSR count). The molecule has 0 amide bonds. The van der Waals surface area contributed by atoms with Crippen LogP contribution in [0.15, 0.2) is 28.7 Å². The molecular formula is C15H23BrO. The van der Waals surface area contributed by atoms with Crippen LogP contribution in [-0.4, -0.2) is 11.7 Å². The Balaban J connectivity index is 2.52. The topological polar surface area (TPSA) is 20.2 Å². The first-order valence-electron chi connectivity index (χ1n) is 6.26. The number of hydrogen-bond acceptors (Lipinski definition) is 1. The monoisotopic (exact) mass is 298 g/mol. The average molecular weight is 299 g/mol. The standard InChI is InChI=1S/C15H23BrO/c1-15(2,3)8-7-13(11-17)9-12-5-4-6-14(16)10-12/h4-6,10,13,17H,7-9,11H2,1-3H3. The van der Waals surface area contributed by atoms with Gasteiger partial charge >= 0.3 is 0 Å². The van der Waals surface area contributed by atoms with Crippen LogP contribution in [-0.2, 0) is 6.42 Å². The highest BCUT2D eigenvalue weighted by Crippen LogP contribution is 2.25. The summed E-state index contributed by atoms with van der Waals surface area (Å²) < 4.78 is 1.11. The zero-order chi connectivity index (χ0) is 12.9. The summed E-state index contributed by atoms with van der Waals surface area (Å²) in [6.07, 6.45) is 3.21.